The van der Waals surface area contributed by atoms with Gasteiger partial charge in [-0.3, -0.25) is 91.1 Å². The van der Waals surface area contributed by atoms with Crippen LogP contribution in [0.2, 0.25) is 0 Å². The van der Waals surface area contributed by atoms with E-state index in [4.69, 9.17) is 27.7 Å². The van der Waals surface area contributed by atoms with E-state index in [-0.39, 0.29) is 54.9 Å². The molecule has 31 N–H and O–H groups in total. The van der Waals surface area contributed by atoms with Gasteiger partial charge in [-0.25, -0.2) is 22.7 Å². The highest BCUT2D eigenvalue weighted by molar-refractivity contribution is 7.89. The van der Waals surface area contributed by atoms with Crippen molar-refractivity contribution >= 4 is 162 Å². The minimum atomic E-state index is -3.97. The van der Waals surface area contributed by atoms with Gasteiger partial charge in [0, 0.05) is 71.4 Å². The minimum Gasteiger partial charge on any atom is -0.481 e. The average molecular weight is 1940 g/mol. The number of hydrogen-bond donors (Lipinski definition) is 27. The molecule has 740 valence electrons. The number of nitrogens with two attached hydrogens (primary N) is 4. The summed E-state index contributed by atoms with van der Waals surface area (Å²) < 4.78 is 34.1. The number of aromatic nitrogens is 2. The number of ketones is 1. The fraction of sp³-hybridized carbons (Fsp3) is 0.424. The first-order valence-corrected chi connectivity index (χ1v) is 44.1. The predicted molar refractivity (Wildman–Crippen MR) is 479 cm³/mol. The molecule has 6 aromatic rings. The number of aliphatic hydroxyl groups is 1. The maximum Gasteiger partial charge on any atom is 0.329 e. The molecule has 4 aromatic carbocycles. The van der Waals surface area contributed by atoms with Gasteiger partial charge in [0.1, 0.15) is 72.6 Å². The standard InChI is InChI=1S/C85H110N22O29S/c1-40-21-23-46(24-22-40)137(134,135)95-26-12-20-63(88)105-85(133)104-55(29-45-36-92-53-18-10-7-14-48(45)53)78(126)100-56(31-64(89)110)79(127)102-59(34-70(119)120)80(128)107-72-43(4)136-84(132)60(30-62(109)49-15-5-8-16-50(49)86)103-83(131)71(41(2)27-67(113)114)106-81(129)61(39-108)98-66(112)37-93-75(123)57(32-68(115)116)99-73(121)42(3)96-77(125)58(33-69(117)118)101-76(124)54(97-65(111)38-94-82(72)130)19-11-25-90-74(122)51(87)28-44-35-91-52-17-9-6-13-47(44)52/h5-10,13-18,21-24,35-36,41-43,51,54-61,63,71-72,91-92,95,108H,11-12,19-20,25-34,37-39,86-88H2,1-4H3,(H2,89,110)(H,90,122)(H,93,123)(H,94,130)(H,96,125)(H,97,111)(H,98,112)(H,99,121)(H,100,126)(H,101,124)(H,102,127)(H,103,131)(H,106,129)(H,107,128)(H,113,114)(H,115,116)(H,117,118)(H,119,120)(H2,104,105,133). The Morgan fingerprint density at radius 1 is 0.518 bits per heavy atom. The van der Waals surface area contributed by atoms with Crippen molar-refractivity contribution in [1.82, 2.24) is 94.4 Å². The topological polar surface area (TPSA) is 831 Å². The number of carbonyl (C=O) groups is 21. The van der Waals surface area contributed by atoms with Gasteiger partial charge in [0.25, 0.3) is 0 Å². The van der Waals surface area contributed by atoms with Crippen molar-refractivity contribution in [2.45, 2.75) is 194 Å². The van der Waals surface area contributed by atoms with Crippen LogP contribution in [0.4, 0.5) is 10.5 Å². The van der Waals surface area contributed by atoms with Gasteiger partial charge in [-0.1, -0.05) is 73.2 Å². The van der Waals surface area contributed by atoms with Crippen LogP contribution in [0.25, 0.3) is 21.8 Å². The van der Waals surface area contributed by atoms with Crippen molar-refractivity contribution < 1.29 is 139 Å². The van der Waals surface area contributed by atoms with Crippen LogP contribution in [0.3, 0.4) is 0 Å². The number of Topliss-reactive ketones (excluding diaryl/α,β-unsaturated/α-hetero) is 1. The summed E-state index contributed by atoms with van der Waals surface area (Å²) in [6.45, 7) is 0.226. The predicted octanol–water partition coefficient (Wildman–Crippen LogP) is -7.02. The number of carboxylic acid groups (broad SMARTS) is 4. The lowest BCUT2D eigenvalue weighted by molar-refractivity contribution is -0.156. The lowest BCUT2D eigenvalue weighted by atomic mass is 9.96. The number of H-pyrrole nitrogens is 2. The molecule has 0 spiro atoms. The number of anilines is 1. The molecule has 0 aliphatic carbocycles. The number of fused-ring (bicyclic) bond motifs is 2. The molecule has 137 heavy (non-hydrogen) atoms. The summed E-state index contributed by atoms with van der Waals surface area (Å²) >= 11 is 0. The Morgan fingerprint density at radius 2 is 1.04 bits per heavy atom. The van der Waals surface area contributed by atoms with Crippen LogP contribution in [-0.4, -0.2) is 286 Å². The summed E-state index contributed by atoms with van der Waals surface area (Å²) in [5.74, 6) is -31.3. The van der Waals surface area contributed by atoms with Crippen molar-refractivity contribution in [3.05, 3.63) is 132 Å². The number of sulfonamides is 1. The summed E-state index contributed by atoms with van der Waals surface area (Å²) in [5.41, 5.74) is 26.9. The summed E-state index contributed by atoms with van der Waals surface area (Å²) in [5, 5.41) is 84.6. The summed E-state index contributed by atoms with van der Waals surface area (Å²) in [6.07, 6.45) is -9.05. The SMILES string of the molecule is Cc1ccc(S(=O)(=O)NCCCC(N)NC(=O)NC(Cc2c[nH]c3ccccc23)C(=O)NC(CC(N)=O)C(=O)NC(CC(=O)O)C(=O)NC2C(=O)NCC(=O)NC(CCCNC(=O)C(N)Cc3c[nH]c4ccccc34)C(=O)NC(CC(=O)O)C(=O)NC(C)C(=O)NC(CC(=O)O)C(=O)NCC(=O)NC(CO)C(=O)NC(C(C)CC(=O)O)C(=O)NC(CC(=O)c3ccccc3N)C(=O)OC2C)cc1. The van der Waals surface area contributed by atoms with Crippen molar-refractivity contribution in [3.63, 3.8) is 0 Å². The van der Waals surface area contributed by atoms with Crippen LogP contribution in [0.5, 0.6) is 0 Å². The second-order valence-corrected chi connectivity index (χ2v) is 33.8. The number of aliphatic carboxylic acids is 4. The third-order valence-electron chi connectivity index (χ3n) is 21.2. The van der Waals surface area contributed by atoms with E-state index in [1.165, 1.54) is 36.5 Å². The van der Waals surface area contributed by atoms with Gasteiger partial charge in [0.2, 0.25) is 92.7 Å². The number of aromatic amines is 2. The van der Waals surface area contributed by atoms with Crippen molar-refractivity contribution in [3.8, 4) is 0 Å². The zero-order valence-corrected chi connectivity index (χ0v) is 75.1. The van der Waals surface area contributed by atoms with Crippen molar-refractivity contribution in [2.75, 3.05) is 38.5 Å². The molecule has 52 heteroatoms. The molecule has 1 saturated heterocycles. The fourth-order valence-corrected chi connectivity index (χ4v) is 15.0. The van der Waals surface area contributed by atoms with Gasteiger partial charge in [-0.05, 0) is 106 Å². The van der Waals surface area contributed by atoms with E-state index in [1.54, 1.807) is 73.8 Å². The quantitative estimate of drug-likeness (QED) is 0.00563. The number of nitrogen functional groups attached to an aromatic ring is 1. The van der Waals surface area contributed by atoms with E-state index < -0.39 is 296 Å². The van der Waals surface area contributed by atoms with E-state index in [1.807, 2.05) is 21.3 Å². The van der Waals surface area contributed by atoms with Gasteiger partial charge in [0.05, 0.1) is 68.9 Å². The molecule has 51 nitrogen and oxygen atoms in total. The molecule has 0 bridgehead atoms. The molecule has 1 fully saturated rings. The summed E-state index contributed by atoms with van der Waals surface area (Å²) in [4.78, 5) is 298. The average Bonchev–Trinajstić information content (AvgIpc) is 1.69. The largest absolute Gasteiger partial charge is 0.481 e. The maximum atomic E-state index is 15.1. The van der Waals surface area contributed by atoms with E-state index in [0.717, 1.165) is 43.3 Å². The van der Waals surface area contributed by atoms with E-state index in [2.05, 4.69) is 73.2 Å². The van der Waals surface area contributed by atoms with Crippen LogP contribution in [0, 0.1) is 12.8 Å². The minimum absolute atomic E-state index is 0.00518. The maximum absolute atomic E-state index is 15.1. The molecular formula is C85H110N22O29S. The number of carbonyl (C=O) groups excluding carboxylic acids is 17. The van der Waals surface area contributed by atoms with Crippen LogP contribution >= 0.6 is 0 Å². The Morgan fingerprint density at radius 3 is 1.63 bits per heavy atom. The summed E-state index contributed by atoms with van der Waals surface area (Å²) in [7, 11) is -3.97. The molecule has 1 aliphatic rings. The highest BCUT2D eigenvalue weighted by Gasteiger charge is 2.42. The molecule has 15 unspecified atom stereocenters. The molecule has 0 saturated carbocycles. The van der Waals surface area contributed by atoms with Crippen LogP contribution < -0.4 is 107 Å². The number of aliphatic hydroxyl groups excluding tert-OH is 1. The number of amides is 16. The molecule has 2 aromatic heterocycles. The molecule has 1 aliphatic heterocycles. The van der Waals surface area contributed by atoms with Gasteiger partial charge >= 0.3 is 35.9 Å². The number of hydrogen-bond acceptors (Lipinski definition) is 28. The molecule has 15 atom stereocenters. The number of primary amides is 1. The van der Waals surface area contributed by atoms with Crippen LogP contribution in [-0.2, 0) is 119 Å². The molecule has 16 amide bonds. The Balaban J connectivity index is 1.26. The zero-order valence-electron chi connectivity index (χ0n) is 74.3. The lowest BCUT2D eigenvalue weighted by Crippen LogP contribution is -2.62. The highest BCUT2D eigenvalue weighted by atomic mass is 32.2. The molecule has 7 rings (SSSR count). The Kier molecular flexibility index (Phi) is 40.9. The highest BCUT2D eigenvalue weighted by Crippen LogP contribution is 2.23. The zero-order chi connectivity index (χ0) is 101. The summed E-state index contributed by atoms with van der Waals surface area (Å²) in [6, 6.07) is -1.40. The lowest BCUT2D eigenvalue weighted by Gasteiger charge is -2.30. The number of benzene rings is 4. The molecule has 3 heterocycles. The van der Waals surface area contributed by atoms with Gasteiger partial charge in [-0.15, -0.1) is 0 Å². The molecule has 0 radical (unpaired) electrons. The van der Waals surface area contributed by atoms with E-state index >= 15 is 14.4 Å². The fourth-order valence-electron chi connectivity index (χ4n) is 14.0. The van der Waals surface area contributed by atoms with Crippen LogP contribution in [0.15, 0.2) is 114 Å². The third kappa shape index (κ3) is 34.1. The number of esters is 1. The van der Waals surface area contributed by atoms with Gasteiger partial charge < -0.3 is 143 Å². The first-order chi connectivity index (χ1) is 64.7. The number of nitrogens with one attached hydrogen (secondary N) is 18. The number of carboxylic acids is 4. The van der Waals surface area contributed by atoms with Gasteiger partial charge in [0.15, 0.2) is 5.78 Å². The second-order valence-electron chi connectivity index (χ2n) is 32.1. The van der Waals surface area contributed by atoms with E-state index in [9.17, 15) is 120 Å². The monoisotopic (exact) mass is 1930 g/mol. The van der Waals surface area contributed by atoms with Gasteiger partial charge in [-0.2, -0.15) is 0 Å². The normalized spacial score (nSPS) is 20.2. The Bertz CT molecular complexity index is 5600. The van der Waals surface area contributed by atoms with Crippen molar-refractivity contribution in [1.29, 1.82) is 0 Å². The number of rotatable bonds is 38. The second kappa shape index (κ2) is 51.6. The Hall–Kier alpha value is -15.6. The first-order valence-electron chi connectivity index (χ1n) is 42.6. The van der Waals surface area contributed by atoms with Crippen LogP contribution in [0.1, 0.15) is 112 Å². The number of cyclic esters (lactones) is 1. The molecular weight excluding hydrogens is 1830 g/mol. The number of aryl methyl sites for hydroxylation is 1. The first kappa shape index (κ1) is 108. The third-order valence-corrected chi connectivity index (χ3v) is 22.7. The number of urea groups is 1. The van der Waals surface area contributed by atoms with E-state index in [0.29, 0.717) is 22.0 Å². The number of para-hydroxylation sites is 3. The Labute approximate surface area is 780 Å². The number of ether oxygens (including phenoxy) is 1. The van der Waals surface area contributed by atoms with Crippen molar-refractivity contribution in [2.24, 2.45) is 23.1 Å². The smallest absolute Gasteiger partial charge is 0.329 e.